The van der Waals surface area contributed by atoms with E-state index in [2.05, 4.69) is 16.7 Å². The summed E-state index contributed by atoms with van der Waals surface area (Å²) in [6.07, 6.45) is 1.72. The van der Waals surface area contributed by atoms with E-state index in [9.17, 15) is 19.2 Å². The van der Waals surface area contributed by atoms with Crippen molar-refractivity contribution in [2.75, 3.05) is 11.1 Å². The molecular formula is C25H22FN3O2S. The van der Waals surface area contributed by atoms with Gasteiger partial charge in [-0.2, -0.15) is 5.26 Å². The maximum atomic E-state index is 14.7. The van der Waals surface area contributed by atoms with Crippen LogP contribution in [0.4, 0.5) is 10.1 Å². The molecule has 2 aliphatic rings. The summed E-state index contributed by atoms with van der Waals surface area (Å²) in [7, 11) is 0. The van der Waals surface area contributed by atoms with Crippen LogP contribution in [-0.4, -0.2) is 17.4 Å². The molecule has 2 aromatic carbocycles. The number of allylic oxidation sites excluding steroid dienone is 3. The smallest absolute Gasteiger partial charge is 0.234 e. The first-order valence-electron chi connectivity index (χ1n) is 10.4. The van der Waals surface area contributed by atoms with Crippen molar-refractivity contribution in [3.8, 4) is 6.07 Å². The zero-order valence-corrected chi connectivity index (χ0v) is 18.4. The van der Waals surface area contributed by atoms with Gasteiger partial charge in [0.25, 0.3) is 0 Å². The minimum atomic E-state index is -0.771. The van der Waals surface area contributed by atoms with Crippen molar-refractivity contribution in [1.82, 2.24) is 5.32 Å². The third kappa shape index (κ3) is 4.32. The lowest BCUT2D eigenvalue weighted by Crippen LogP contribution is -2.32. The number of nitrogens with zero attached hydrogens (tertiary/aromatic N) is 1. The summed E-state index contributed by atoms with van der Waals surface area (Å²) < 4.78 is 14.7. The number of para-hydroxylation sites is 1. The van der Waals surface area contributed by atoms with Gasteiger partial charge in [-0.1, -0.05) is 48.2 Å². The molecule has 1 aliphatic carbocycles. The van der Waals surface area contributed by atoms with Crippen LogP contribution in [-0.2, 0) is 9.59 Å². The Kier molecular flexibility index (Phi) is 6.42. The average molecular weight is 448 g/mol. The van der Waals surface area contributed by atoms with Gasteiger partial charge in [-0.05, 0) is 37.5 Å². The molecule has 1 aliphatic heterocycles. The molecular weight excluding hydrogens is 425 g/mol. The Hall–Kier alpha value is -3.37. The number of hydrogen-bond donors (Lipinski definition) is 2. The van der Waals surface area contributed by atoms with Crippen LogP contribution in [0.5, 0.6) is 0 Å². The van der Waals surface area contributed by atoms with Crippen LogP contribution < -0.4 is 10.6 Å². The van der Waals surface area contributed by atoms with Crippen molar-refractivity contribution in [1.29, 1.82) is 5.26 Å². The van der Waals surface area contributed by atoms with Crippen LogP contribution >= 0.6 is 11.8 Å². The predicted molar refractivity (Wildman–Crippen MR) is 123 cm³/mol. The van der Waals surface area contributed by atoms with Crippen LogP contribution in [0.1, 0.15) is 36.3 Å². The van der Waals surface area contributed by atoms with Gasteiger partial charge >= 0.3 is 0 Å². The summed E-state index contributed by atoms with van der Waals surface area (Å²) in [5, 5.41) is 16.6. The van der Waals surface area contributed by atoms with Gasteiger partial charge in [0.05, 0.1) is 28.3 Å². The molecule has 1 heterocycles. The number of carbonyl (C=O) groups is 2. The number of ketones is 1. The van der Waals surface area contributed by atoms with E-state index in [4.69, 9.17) is 0 Å². The maximum absolute atomic E-state index is 14.7. The number of nitriles is 1. The van der Waals surface area contributed by atoms with Gasteiger partial charge in [-0.3, -0.25) is 9.59 Å². The molecule has 2 N–H and O–H groups in total. The number of aryl methyl sites for hydroxylation is 1. The molecule has 0 saturated carbocycles. The van der Waals surface area contributed by atoms with E-state index in [1.54, 1.807) is 18.2 Å². The van der Waals surface area contributed by atoms with E-state index in [1.165, 1.54) is 17.8 Å². The monoisotopic (exact) mass is 447 g/mol. The fourth-order valence-corrected chi connectivity index (χ4v) is 4.96. The molecule has 1 amide bonds. The van der Waals surface area contributed by atoms with E-state index in [1.807, 2.05) is 31.2 Å². The van der Waals surface area contributed by atoms with Crippen molar-refractivity contribution in [3.05, 3.63) is 87.3 Å². The molecule has 0 bridgehead atoms. The number of carbonyl (C=O) groups excluding carboxylic acids is 2. The van der Waals surface area contributed by atoms with E-state index in [0.29, 0.717) is 35.4 Å². The van der Waals surface area contributed by atoms with Crippen LogP contribution in [0, 0.1) is 24.1 Å². The van der Waals surface area contributed by atoms with Gasteiger partial charge in [-0.25, -0.2) is 4.39 Å². The standard InChI is InChI=1S/C25H22FN3O2S/c1-15-7-2-5-10-19(15)28-22(31)14-32-25-17(13-27)23(16-8-3-4-9-18(16)26)24-20(29-25)11-6-12-21(24)30/h2-5,7-10,23,29H,6,11-12,14H2,1H3,(H,28,31). The molecule has 0 aromatic heterocycles. The van der Waals surface area contributed by atoms with Gasteiger partial charge < -0.3 is 10.6 Å². The Labute approximate surface area is 190 Å². The fraction of sp³-hybridized carbons (Fsp3) is 0.240. The van der Waals surface area contributed by atoms with E-state index in [0.717, 1.165) is 16.9 Å². The van der Waals surface area contributed by atoms with Gasteiger partial charge in [0.2, 0.25) is 5.91 Å². The maximum Gasteiger partial charge on any atom is 0.234 e. The molecule has 32 heavy (non-hydrogen) atoms. The SMILES string of the molecule is Cc1ccccc1NC(=O)CSC1=C(C#N)C(c2ccccc2F)C2=C(CCCC2=O)N1. The second-order valence-electron chi connectivity index (χ2n) is 7.75. The number of hydrogen-bond acceptors (Lipinski definition) is 5. The Bertz CT molecular complexity index is 1200. The molecule has 4 rings (SSSR count). The topological polar surface area (TPSA) is 82.0 Å². The molecule has 162 valence electrons. The number of dihydropyridines is 1. The summed E-state index contributed by atoms with van der Waals surface area (Å²) in [5.41, 5.74) is 3.43. The van der Waals surface area contributed by atoms with Gasteiger partial charge in [0.15, 0.2) is 5.78 Å². The second-order valence-corrected chi connectivity index (χ2v) is 8.74. The number of anilines is 1. The molecule has 7 heteroatoms. The lowest BCUT2D eigenvalue weighted by molar-refractivity contribution is -0.116. The first-order chi connectivity index (χ1) is 15.5. The van der Waals surface area contributed by atoms with E-state index < -0.39 is 11.7 Å². The van der Waals surface area contributed by atoms with Crippen molar-refractivity contribution < 1.29 is 14.0 Å². The Morgan fingerprint density at radius 1 is 1.22 bits per heavy atom. The average Bonchev–Trinajstić information content (AvgIpc) is 2.79. The molecule has 1 unspecified atom stereocenters. The van der Waals surface area contributed by atoms with Crippen LogP contribution in [0.2, 0.25) is 0 Å². The number of nitrogens with one attached hydrogen (secondary N) is 2. The number of thioether (sulfide) groups is 1. The molecule has 2 aromatic rings. The third-order valence-electron chi connectivity index (χ3n) is 5.65. The van der Waals surface area contributed by atoms with Gasteiger partial charge in [0.1, 0.15) is 5.82 Å². The summed E-state index contributed by atoms with van der Waals surface area (Å²) in [6.45, 7) is 1.91. The highest BCUT2D eigenvalue weighted by Crippen LogP contribution is 2.44. The number of halogens is 1. The fourth-order valence-electron chi connectivity index (χ4n) is 4.09. The first-order valence-corrected chi connectivity index (χ1v) is 11.4. The highest BCUT2D eigenvalue weighted by Gasteiger charge is 2.38. The highest BCUT2D eigenvalue weighted by molar-refractivity contribution is 8.03. The summed E-state index contributed by atoms with van der Waals surface area (Å²) in [4.78, 5) is 25.3. The van der Waals surface area contributed by atoms with Gasteiger partial charge in [0, 0.05) is 28.9 Å². The van der Waals surface area contributed by atoms with Crippen molar-refractivity contribution in [2.45, 2.75) is 32.1 Å². The van der Waals surface area contributed by atoms with Crippen molar-refractivity contribution in [3.63, 3.8) is 0 Å². The number of rotatable bonds is 5. The summed E-state index contributed by atoms with van der Waals surface area (Å²) >= 11 is 1.19. The number of Topliss-reactive ketones (excluding diaryl/α,β-unsaturated/α-hetero) is 1. The molecule has 0 radical (unpaired) electrons. The predicted octanol–water partition coefficient (Wildman–Crippen LogP) is 4.94. The van der Waals surface area contributed by atoms with Gasteiger partial charge in [-0.15, -0.1) is 0 Å². The normalized spacial score (nSPS) is 18.0. The molecule has 1 atom stereocenters. The van der Waals surface area contributed by atoms with Crippen LogP contribution in [0.3, 0.4) is 0 Å². The summed E-state index contributed by atoms with van der Waals surface area (Å²) in [6, 6.07) is 15.9. The highest BCUT2D eigenvalue weighted by atomic mass is 32.2. The van der Waals surface area contributed by atoms with E-state index >= 15 is 0 Å². The largest absolute Gasteiger partial charge is 0.352 e. The molecule has 0 fully saturated rings. The Morgan fingerprint density at radius 2 is 1.97 bits per heavy atom. The lowest BCUT2D eigenvalue weighted by atomic mass is 9.76. The number of amides is 1. The summed E-state index contributed by atoms with van der Waals surface area (Å²) in [5.74, 6) is -1.44. The molecule has 0 saturated heterocycles. The minimum absolute atomic E-state index is 0.0684. The zero-order valence-electron chi connectivity index (χ0n) is 17.6. The Balaban J connectivity index is 1.64. The van der Waals surface area contributed by atoms with Crippen molar-refractivity contribution >= 4 is 29.1 Å². The van der Waals surface area contributed by atoms with E-state index in [-0.39, 0.29) is 23.0 Å². The molecule has 0 spiro atoms. The second kappa shape index (κ2) is 9.41. The first kappa shape index (κ1) is 21.8. The quantitative estimate of drug-likeness (QED) is 0.679. The van der Waals surface area contributed by atoms with Crippen LogP contribution in [0.25, 0.3) is 0 Å². The third-order valence-corrected chi connectivity index (χ3v) is 6.66. The lowest BCUT2D eigenvalue weighted by Gasteiger charge is -2.33. The number of benzene rings is 2. The molecule has 5 nitrogen and oxygen atoms in total. The van der Waals surface area contributed by atoms with Crippen molar-refractivity contribution in [2.24, 2.45) is 0 Å². The van der Waals surface area contributed by atoms with Crippen LogP contribution in [0.15, 0.2) is 70.4 Å². The zero-order chi connectivity index (χ0) is 22.7. The minimum Gasteiger partial charge on any atom is -0.352 e. The Morgan fingerprint density at radius 3 is 2.72 bits per heavy atom.